The Morgan fingerprint density at radius 2 is 2.11 bits per heavy atom. The molecule has 1 N–H and O–H groups in total. The van der Waals surface area contributed by atoms with E-state index in [0.717, 1.165) is 16.9 Å². The van der Waals surface area contributed by atoms with Gasteiger partial charge in [0, 0.05) is 15.9 Å². The van der Waals surface area contributed by atoms with Gasteiger partial charge >= 0.3 is 0 Å². The smallest absolute Gasteiger partial charge is 0.169 e. The Balaban J connectivity index is 2.23. The summed E-state index contributed by atoms with van der Waals surface area (Å²) in [7, 11) is 1.90. The van der Waals surface area contributed by atoms with Gasteiger partial charge in [-0.3, -0.25) is 0 Å². The van der Waals surface area contributed by atoms with E-state index in [0.29, 0.717) is 5.58 Å². The van der Waals surface area contributed by atoms with E-state index >= 15 is 0 Å². The third-order valence-electron chi connectivity index (χ3n) is 2.89. The average molecular weight is 281 g/mol. The molecule has 1 unspecified atom stereocenters. The van der Waals surface area contributed by atoms with Crippen molar-refractivity contribution in [1.29, 1.82) is 0 Å². The molecule has 1 atom stereocenters. The first-order valence-electron chi connectivity index (χ1n) is 6.40. The lowest BCUT2D eigenvalue weighted by Crippen LogP contribution is -2.21. The minimum absolute atomic E-state index is 0.0935. The Hall–Kier alpha value is -1.00. The van der Waals surface area contributed by atoms with Gasteiger partial charge in [0.05, 0.1) is 6.04 Å². The molecule has 2 nitrogen and oxygen atoms in total. The zero-order valence-corrected chi connectivity index (χ0v) is 12.6. The van der Waals surface area contributed by atoms with Gasteiger partial charge in [0.1, 0.15) is 5.76 Å². The van der Waals surface area contributed by atoms with Gasteiger partial charge in [0.15, 0.2) is 11.4 Å². The molecule has 0 bridgehead atoms. The SMILES string of the molecule is CNC(CSC(C)(C)C)c1cc2cccc(F)c2o1. The Bertz CT molecular complexity index is 559. The lowest BCUT2D eigenvalue weighted by molar-refractivity contribution is 0.465. The van der Waals surface area contributed by atoms with Crippen LogP contribution in [0.25, 0.3) is 11.0 Å². The van der Waals surface area contributed by atoms with Gasteiger partial charge < -0.3 is 9.73 Å². The average Bonchev–Trinajstić information content (AvgIpc) is 2.73. The molecular formula is C15H20FNOS. The maximum Gasteiger partial charge on any atom is 0.169 e. The molecule has 1 aromatic carbocycles. The highest BCUT2D eigenvalue weighted by molar-refractivity contribution is 8.00. The van der Waals surface area contributed by atoms with Crippen molar-refractivity contribution >= 4 is 22.7 Å². The Kier molecular flexibility index (Phi) is 4.21. The van der Waals surface area contributed by atoms with Crippen molar-refractivity contribution in [3.63, 3.8) is 0 Å². The van der Waals surface area contributed by atoms with Gasteiger partial charge in [-0.2, -0.15) is 11.8 Å². The van der Waals surface area contributed by atoms with Crippen LogP contribution in [0.15, 0.2) is 28.7 Å². The number of furan rings is 1. The van der Waals surface area contributed by atoms with Gasteiger partial charge in [0.2, 0.25) is 0 Å². The van der Waals surface area contributed by atoms with Crippen LogP contribution in [0.1, 0.15) is 32.6 Å². The van der Waals surface area contributed by atoms with E-state index in [1.807, 2.05) is 30.9 Å². The van der Waals surface area contributed by atoms with Crippen molar-refractivity contribution in [2.75, 3.05) is 12.8 Å². The van der Waals surface area contributed by atoms with Gasteiger partial charge in [-0.05, 0) is 19.2 Å². The standard InChI is InChI=1S/C15H20FNOS/c1-15(2,3)19-9-12(17-4)13-8-10-6-5-7-11(16)14(10)18-13/h5-8,12,17H,9H2,1-4H3. The molecule has 0 saturated heterocycles. The number of rotatable bonds is 4. The Labute approximate surface area is 117 Å². The van der Waals surface area contributed by atoms with Crippen LogP contribution in [0.2, 0.25) is 0 Å². The Morgan fingerprint density at radius 1 is 1.37 bits per heavy atom. The van der Waals surface area contributed by atoms with Crippen LogP contribution in [-0.2, 0) is 0 Å². The van der Waals surface area contributed by atoms with Crippen molar-refractivity contribution in [2.24, 2.45) is 0 Å². The molecule has 2 rings (SSSR count). The van der Waals surface area contributed by atoms with Crippen LogP contribution in [0.3, 0.4) is 0 Å². The van der Waals surface area contributed by atoms with E-state index in [1.54, 1.807) is 6.07 Å². The lowest BCUT2D eigenvalue weighted by Gasteiger charge is -2.21. The predicted octanol–water partition coefficient (Wildman–Crippen LogP) is 4.36. The summed E-state index contributed by atoms with van der Waals surface area (Å²) in [6.45, 7) is 6.55. The molecule has 0 amide bonds. The van der Waals surface area contributed by atoms with E-state index in [1.165, 1.54) is 6.07 Å². The molecule has 2 aromatic rings. The van der Waals surface area contributed by atoms with E-state index in [-0.39, 0.29) is 16.6 Å². The van der Waals surface area contributed by atoms with E-state index < -0.39 is 0 Å². The van der Waals surface area contributed by atoms with Crippen molar-refractivity contribution in [3.8, 4) is 0 Å². The number of halogens is 1. The second kappa shape index (κ2) is 5.55. The van der Waals surface area contributed by atoms with E-state index in [9.17, 15) is 4.39 Å². The Morgan fingerprint density at radius 3 is 2.68 bits per heavy atom. The van der Waals surface area contributed by atoms with Crippen LogP contribution in [0.4, 0.5) is 4.39 Å². The second-order valence-electron chi connectivity index (χ2n) is 5.57. The predicted molar refractivity (Wildman–Crippen MR) is 80.2 cm³/mol. The second-order valence-corrected chi connectivity index (χ2v) is 7.42. The molecule has 0 aliphatic carbocycles. The number of hydrogen-bond acceptors (Lipinski definition) is 3. The number of fused-ring (bicyclic) bond motifs is 1. The van der Waals surface area contributed by atoms with Gasteiger partial charge in [-0.1, -0.05) is 32.9 Å². The monoisotopic (exact) mass is 281 g/mol. The van der Waals surface area contributed by atoms with Gasteiger partial charge in [0.25, 0.3) is 0 Å². The zero-order valence-electron chi connectivity index (χ0n) is 11.8. The number of benzene rings is 1. The molecule has 0 aliphatic rings. The molecule has 104 valence electrons. The third kappa shape index (κ3) is 3.51. The summed E-state index contributed by atoms with van der Waals surface area (Å²) in [6, 6.07) is 7.01. The normalized spacial score (nSPS) is 13.9. The number of para-hydroxylation sites is 1. The number of hydrogen-bond donors (Lipinski definition) is 1. The lowest BCUT2D eigenvalue weighted by atomic mass is 10.2. The molecule has 0 fully saturated rings. The quantitative estimate of drug-likeness (QED) is 0.901. The summed E-state index contributed by atoms with van der Waals surface area (Å²) >= 11 is 1.86. The molecule has 4 heteroatoms. The molecular weight excluding hydrogens is 261 g/mol. The zero-order chi connectivity index (χ0) is 14.0. The van der Waals surface area contributed by atoms with Crippen molar-refractivity contribution in [1.82, 2.24) is 5.32 Å². The fourth-order valence-electron chi connectivity index (χ4n) is 1.86. The minimum atomic E-state index is -0.304. The van der Waals surface area contributed by atoms with Crippen molar-refractivity contribution in [3.05, 3.63) is 35.8 Å². The topological polar surface area (TPSA) is 25.2 Å². The highest BCUT2D eigenvalue weighted by Crippen LogP contribution is 2.31. The van der Waals surface area contributed by atoms with Gasteiger partial charge in [-0.15, -0.1) is 0 Å². The summed E-state index contributed by atoms with van der Waals surface area (Å²) < 4.78 is 19.5. The highest BCUT2D eigenvalue weighted by atomic mass is 32.2. The van der Waals surface area contributed by atoms with Crippen LogP contribution < -0.4 is 5.32 Å². The third-order valence-corrected chi connectivity index (χ3v) is 4.26. The van der Waals surface area contributed by atoms with Crippen LogP contribution in [0, 0.1) is 5.82 Å². The minimum Gasteiger partial charge on any atom is -0.456 e. The summed E-state index contributed by atoms with van der Waals surface area (Å²) in [6.07, 6.45) is 0. The largest absolute Gasteiger partial charge is 0.456 e. The molecule has 0 spiro atoms. The summed E-state index contributed by atoms with van der Waals surface area (Å²) in [4.78, 5) is 0. The van der Waals surface area contributed by atoms with Gasteiger partial charge in [-0.25, -0.2) is 4.39 Å². The molecule has 1 aromatic heterocycles. The number of thioether (sulfide) groups is 1. The first-order valence-corrected chi connectivity index (χ1v) is 7.38. The van der Waals surface area contributed by atoms with Crippen molar-refractivity contribution < 1.29 is 8.81 Å². The molecule has 0 aliphatic heterocycles. The van der Waals surface area contributed by atoms with E-state index in [2.05, 4.69) is 26.1 Å². The molecule has 0 radical (unpaired) electrons. The molecule has 0 saturated carbocycles. The van der Waals surface area contributed by atoms with Crippen LogP contribution in [-0.4, -0.2) is 17.5 Å². The fourth-order valence-corrected chi connectivity index (χ4v) is 2.86. The van der Waals surface area contributed by atoms with Crippen molar-refractivity contribution in [2.45, 2.75) is 31.6 Å². The summed E-state index contributed by atoms with van der Waals surface area (Å²) in [5, 5.41) is 4.05. The van der Waals surface area contributed by atoms with Crippen LogP contribution >= 0.6 is 11.8 Å². The molecule has 19 heavy (non-hydrogen) atoms. The summed E-state index contributed by atoms with van der Waals surface area (Å²) in [5.41, 5.74) is 0.346. The fraction of sp³-hybridized carbons (Fsp3) is 0.467. The maximum atomic E-state index is 13.6. The first kappa shape index (κ1) is 14.4. The van der Waals surface area contributed by atoms with E-state index in [4.69, 9.17) is 4.42 Å². The number of nitrogens with one attached hydrogen (secondary N) is 1. The van der Waals surface area contributed by atoms with Crippen LogP contribution in [0.5, 0.6) is 0 Å². The summed E-state index contributed by atoms with van der Waals surface area (Å²) in [5.74, 6) is 1.38. The first-order chi connectivity index (χ1) is 8.90. The maximum absolute atomic E-state index is 13.6. The molecule has 1 heterocycles. The highest BCUT2D eigenvalue weighted by Gasteiger charge is 2.19.